The Morgan fingerprint density at radius 1 is 0.929 bits per heavy atom. The fourth-order valence-corrected chi connectivity index (χ4v) is 2.22. The van der Waals surface area contributed by atoms with Gasteiger partial charge in [-0.25, -0.2) is 4.98 Å². The van der Waals surface area contributed by atoms with Gasteiger partial charge in [-0.15, -0.1) is 0 Å². The fraction of sp³-hybridized carbons (Fsp3) is 0.105. The number of rotatable bonds is 6. The average Bonchev–Trinajstić information content (AvgIpc) is 2.67. The summed E-state index contributed by atoms with van der Waals surface area (Å²) in [5, 5.41) is 10.6. The summed E-state index contributed by atoms with van der Waals surface area (Å²) in [5.74, 6) is 0.984. The molecule has 0 atom stereocenters. The summed E-state index contributed by atoms with van der Waals surface area (Å²) in [4.78, 5) is 14.2. The molecule has 0 aliphatic heterocycles. The highest BCUT2D eigenvalue weighted by molar-refractivity contribution is 5.37. The van der Waals surface area contributed by atoms with Crippen molar-refractivity contribution in [3.05, 3.63) is 88.1 Å². The standard InChI is InChI=1S/C19H13F3N2O4/c20-19(21,22)14-2-6-16(7-3-14)27-12-13-1-10-18(23-11-13)28-17-8-4-15(5-9-17)24(25)26/h1-11H,12H2. The second-order valence-electron chi connectivity index (χ2n) is 5.67. The lowest BCUT2D eigenvalue weighted by molar-refractivity contribution is -0.384. The zero-order valence-corrected chi connectivity index (χ0v) is 14.2. The molecular weight excluding hydrogens is 377 g/mol. The van der Waals surface area contributed by atoms with E-state index in [-0.39, 0.29) is 18.2 Å². The summed E-state index contributed by atoms with van der Waals surface area (Å²) in [6, 6.07) is 13.3. The number of hydrogen-bond donors (Lipinski definition) is 0. The maximum Gasteiger partial charge on any atom is 0.416 e. The summed E-state index contributed by atoms with van der Waals surface area (Å²) in [7, 11) is 0. The normalized spacial score (nSPS) is 11.1. The molecule has 0 unspecified atom stereocenters. The molecule has 9 heteroatoms. The molecule has 0 N–H and O–H groups in total. The van der Waals surface area contributed by atoms with E-state index in [1.807, 2.05) is 0 Å². The zero-order chi connectivity index (χ0) is 20.1. The van der Waals surface area contributed by atoms with Crippen LogP contribution in [0.15, 0.2) is 66.9 Å². The van der Waals surface area contributed by atoms with Crippen LogP contribution < -0.4 is 9.47 Å². The third-order valence-corrected chi connectivity index (χ3v) is 3.65. The first-order chi connectivity index (χ1) is 13.3. The van der Waals surface area contributed by atoms with Crippen LogP contribution in [-0.4, -0.2) is 9.91 Å². The van der Waals surface area contributed by atoms with Gasteiger partial charge in [0.25, 0.3) is 5.69 Å². The molecule has 144 valence electrons. The summed E-state index contributed by atoms with van der Waals surface area (Å²) in [5.41, 5.74) is -0.0960. The minimum atomic E-state index is -4.39. The lowest BCUT2D eigenvalue weighted by Crippen LogP contribution is -2.04. The van der Waals surface area contributed by atoms with Crippen molar-refractivity contribution in [2.45, 2.75) is 12.8 Å². The van der Waals surface area contributed by atoms with E-state index in [4.69, 9.17) is 9.47 Å². The molecule has 2 aromatic carbocycles. The number of nitro groups is 1. The molecular formula is C19H13F3N2O4. The molecule has 6 nitrogen and oxygen atoms in total. The molecule has 3 rings (SSSR count). The zero-order valence-electron chi connectivity index (χ0n) is 14.2. The van der Waals surface area contributed by atoms with Crippen molar-refractivity contribution in [2.24, 2.45) is 0 Å². The summed E-state index contributed by atoms with van der Waals surface area (Å²) >= 11 is 0. The Balaban J connectivity index is 1.56. The van der Waals surface area contributed by atoms with E-state index in [2.05, 4.69) is 4.98 Å². The third-order valence-electron chi connectivity index (χ3n) is 3.65. The van der Waals surface area contributed by atoms with Crippen LogP contribution in [0.25, 0.3) is 0 Å². The Morgan fingerprint density at radius 2 is 1.57 bits per heavy atom. The van der Waals surface area contributed by atoms with Gasteiger partial charge in [0.1, 0.15) is 18.1 Å². The lowest BCUT2D eigenvalue weighted by Gasteiger charge is -2.09. The van der Waals surface area contributed by atoms with E-state index in [1.54, 1.807) is 12.1 Å². The maximum atomic E-state index is 12.5. The van der Waals surface area contributed by atoms with Crippen LogP contribution in [0.3, 0.4) is 0 Å². The van der Waals surface area contributed by atoms with Gasteiger partial charge in [-0.2, -0.15) is 13.2 Å². The Morgan fingerprint density at radius 3 is 2.11 bits per heavy atom. The minimum absolute atomic E-state index is 0.0453. The highest BCUT2D eigenvalue weighted by Gasteiger charge is 2.30. The smallest absolute Gasteiger partial charge is 0.416 e. The highest BCUT2D eigenvalue weighted by atomic mass is 19.4. The summed E-state index contributed by atoms with van der Waals surface area (Å²) < 4.78 is 48.5. The molecule has 28 heavy (non-hydrogen) atoms. The van der Waals surface area contributed by atoms with Crippen LogP contribution >= 0.6 is 0 Å². The lowest BCUT2D eigenvalue weighted by atomic mass is 10.2. The number of hydrogen-bond acceptors (Lipinski definition) is 5. The van der Waals surface area contributed by atoms with Crippen molar-refractivity contribution in [3.63, 3.8) is 0 Å². The van der Waals surface area contributed by atoms with Gasteiger partial charge in [0, 0.05) is 30.0 Å². The van der Waals surface area contributed by atoms with Gasteiger partial charge in [0.05, 0.1) is 10.5 Å². The number of pyridine rings is 1. The van der Waals surface area contributed by atoms with E-state index in [1.165, 1.54) is 42.6 Å². The van der Waals surface area contributed by atoms with Gasteiger partial charge in [-0.1, -0.05) is 0 Å². The number of aromatic nitrogens is 1. The first kappa shape index (κ1) is 19.2. The van der Waals surface area contributed by atoms with Crippen molar-refractivity contribution in [1.29, 1.82) is 0 Å². The largest absolute Gasteiger partial charge is 0.489 e. The van der Waals surface area contributed by atoms with E-state index < -0.39 is 16.7 Å². The third kappa shape index (κ3) is 4.97. The topological polar surface area (TPSA) is 74.5 Å². The van der Waals surface area contributed by atoms with Gasteiger partial charge in [-0.3, -0.25) is 10.1 Å². The number of nitrogens with zero attached hydrogens (tertiary/aromatic N) is 2. The Hall–Kier alpha value is -3.62. The summed E-state index contributed by atoms with van der Waals surface area (Å²) in [6.07, 6.45) is -2.88. The van der Waals surface area contributed by atoms with E-state index in [0.29, 0.717) is 17.1 Å². The van der Waals surface area contributed by atoms with Gasteiger partial charge in [-0.05, 0) is 42.5 Å². The molecule has 0 aliphatic carbocycles. The van der Waals surface area contributed by atoms with Crippen molar-refractivity contribution in [3.8, 4) is 17.4 Å². The maximum absolute atomic E-state index is 12.5. The second kappa shape index (κ2) is 7.95. The Labute approximate surface area is 157 Å². The first-order valence-corrected chi connectivity index (χ1v) is 7.98. The van der Waals surface area contributed by atoms with Crippen molar-refractivity contribution < 1.29 is 27.6 Å². The molecule has 0 fully saturated rings. The highest BCUT2D eigenvalue weighted by Crippen LogP contribution is 2.30. The molecule has 3 aromatic rings. The number of ether oxygens (including phenoxy) is 2. The van der Waals surface area contributed by atoms with Crippen LogP contribution in [0.1, 0.15) is 11.1 Å². The fourth-order valence-electron chi connectivity index (χ4n) is 2.22. The average molecular weight is 390 g/mol. The molecule has 0 saturated heterocycles. The SMILES string of the molecule is O=[N+]([O-])c1ccc(Oc2ccc(COc3ccc(C(F)(F)F)cc3)cn2)cc1. The molecule has 0 radical (unpaired) electrons. The summed E-state index contributed by atoms with van der Waals surface area (Å²) in [6.45, 7) is 0.121. The van der Waals surface area contributed by atoms with Crippen LogP contribution in [0.5, 0.6) is 17.4 Å². The number of halogens is 3. The second-order valence-corrected chi connectivity index (χ2v) is 5.67. The number of non-ortho nitro benzene ring substituents is 1. The minimum Gasteiger partial charge on any atom is -0.489 e. The van der Waals surface area contributed by atoms with E-state index >= 15 is 0 Å². The van der Waals surface area contributed by atoms with E-state index in [9.17, 15) is 23.3 Å². The molecule has 1 heterocycles. The van der Waals surface area contributed by atoms with Crippen LogP contribution in [0, 0.1) is 10.1 Å². The number of alkyl halides is 3. The monoisotopic (exact) mass is 390 g/mol. The molecule has 0 aliphatic rings. The first-order valence-electron chi connectivity index (χ1n) is 7.98. The number of benzene rings is 2. The molecule has 0 bridgehead atoms. The molecule has 0 amide bonds. The van der Waals surface area contributed by atoms with Gasteiger partial charge < -0.3 is 9.47 Å². The molecule has 0 spiro atoms. The Bertz CT molecular complexity index is 941. The van der Waals surface area contributed by atoms with Crippen molar-refractivity contribution in [2.75, 3.05) is 0 Å². The predicted molar refractivity (Wildman–Crippen MR) is 93.2 cm³/mol. The van der Waals surface area contributed by atoms with Crippen LogP contribution in [0.2, 0.25) is 0 Å². The van der Waals surface area contributed by atoms with Gasteiger partial charge in [0.15, 0.2) is 0 Å². The van der Waals surface area contributed by atoms with Gasteiger partial charge >= 0.3 is 6.18 Å². The van der Waals surface area contributed by atoms with Crippen LogP contribution in [-0.2, 0) is 12.8 Å². The molecule has 0 saturated carbocycles. The molecule has 1 aromatic heterocycles. The van der Waals surface area contributed by atoms with Crippen molar-refractivity contribution >= 4 is 5.69 Å². The van der Waals surface area contributed by atoms with Crippen LogP contribution in [0.4, 0.5) is 18.9 Å². The quantitative estimate of drug-likeness (QED) is 0.417. The van der Waals surface area contributed by atoms with E-state index in [0.717, 1.165) is 12.1 Å². The van der Waals surface area contributed by atoms with Crippen molar-refractivity contribution in [1.82, 2.24) is 4.98 Å². The predicted octanol–water partition coefficient (Wildman–Crippen LogP) is 5.38. The Kier molecular flexibility index (Phi) is 5.44. The van der Waals surface area contributed by atoms with Gasteiger partial charge in [0.2, 0.25) is 5.88 Å². The number of nitro benzene ring substituents is 1.